The highest BCUT2D eigenvalue weighted by Crippen LogP contribution is 2.40. The van der Waals surface area contributed by atoms with Gasteiger partial charge in [-0.2, -0.15) is 13.2 Å². The zero-order valence-corrected chi connectivity index (χ0v) is 23.1. The van der Waals surface area contributed by atoms with Crippen LogP contribution in [0.3, 0.4) is 0 Å². The van der Waals surface area contributed by atoms with Crippen molar-refractivity contribution in [3.8, 4) is 0 Å². The minimum absolute atomic E-state index is 0.00228. The molecule has 0 aromatic heterocycles. The number of benzene rings is 2. The van der Waals surface area contributed by atoms with Crippen molar-refractivity contribution >= 4 is 30.6 Å². The standard InChI is InChI=1S/C26H36N2O2Si.C2HF3O2/c1-26(2,3)31(23-10-6-4-7-11-23,24-12-8-5-9-13-24)30-22-15-14-21(18-22)20-28-17-16-27-19-25(28)29;3-2(4,5)1(6)7/h4-13,21-22,27H,14-20H2,1-3H3;(H,6,7). The van der Waals surface area contributed by atoms with E-state index in [2.05, 4.69) is 86.8 Å². The summed E-state index contributed by atoms with van der Waals surface area (Å²) in [6.45, 7) is 10.1. The Kier molecular flexibility index (Phi) is 9.78. The monoisotopic (exact) mass is 550 g/mol. The number of aliphatic carboxylic acids is 1. The lowest BCUT2D eigenvalue weighted by Gasteiger charge is -2.44. The smallest absolute Gasteiger partial charge is 0.475 e. The van der Waals surface area contributed by atoms with Crippen molar-refractivity contribution in [1.82, 2.24) is 10.2 Å². The number of alkyl halides is 3. The number of nitrogens with zero attached hydrogens (tertiary/aromatic N) is 1. The second kappa shape index (κ2) is 12.4. The Labute approximate surface area is 223 Å². The number of carbonyl (C=O) groups excluding carboxylic acids is 1. The molecule has 2 aliphatic rings. The number of carboxylic acids is 1. The molecule has 1 heterocycles. The number of hydrogen-bond donors (Lipinski definition) is 2. The Morgan fingerprint density at radius 3 is 2.00 bits per heavy atom. The van der Waals surface area contributed by atoms with Gasteiger partial charge in [0.25, 0.3) is 8.32 Å². The van der Waals surface area contributed by atoms with Gasteiger partial charge in [0.2, 0.25) is 5.91 Å². The van der Waals surface area contributed by atoms with Crippen LogP contribution in [0.1, 0.15) is 40.0 Å². The molecule has 6 nitrogen and oxygen atoms in total. The molecule has 208 valence electrons. The summed E-state index contributed by atoms with van der Waals surface area (Å²) in [6, 6.07) is 21.8. The Hall–Kier alpha value is -2.69. The van der Waals surface area contributed by atoms with E-state index in [1.54, 1.807) is 0 Å². The van der Waals surface area contributed by atoms with Gasteiger partial charge in [0, 0.05) is 25.7 Å². The van der Waals surface area contributed by atoms with Gasteiger partial charge in [-0.25, -0.2) is 4.79 Å². The summed E-state index contributed by atoms with van der Waals surface area (Å²) in [4.78, 5) is 23.2. The van der Waals surface area contributed by atoms with Crippen molar-refractivity contribution < 1.29 is 32.3 Å². The van der Waals surface area contributed by atoms with Crippen LogP contribution in [0, 0.1) is 5.92 Å². The second-order valence-corrected chi connectivity index (χ2v) is 15.2. The van der Waals surface area contributed by atoms with Crippen LogP contribution >= 0.6 is 0 Å². The molecule has 1 saturated carbocycles. The molecular weight excluding hydrogens is 513 g/mol. The van der Waals surface area contributed by atoms with Gasteiger partial charge in [0.15, 0.2) is 0 Å². The minimum atomic E-state index is -5.08. The lowest BCUT2D eigenvalue weighted by atomic mass is 10.1. The summed E-state index contributed by atoms with van der Waals surface area (Å²) in [5.74, 6) is -1.99. The molecule has 38 heavy (non-hydrogen) atoms. The van der Waals surface area contributed by atoms with E-state index in [1.165, 1.54) is 10.4 Å². The molecule has 2 N–H and O–H groups in total. The third-order valence-corrected chi connectivity index (χ3v) is 12.3. The number of hydrogen-bond acceptors (Lipinski definition) is 4. The molecule has 2 aromatic carbocycles. The van der Waals surface area contributed by atoms with Crippen LogP contribution in [0.15, 0.2) is 60.7 Å². The van der Waals surface area contributed by atoms with Gasteiger partial charge in [-0.1, -0.05) is 81.4 Å². The normalized spacial score (nSPS) is 20.6. The summed E-state index contributed by atoms with van der Waals surface area (Å²) in [6.07, 6.45) is -1.58. The summed E-state index contributed by atoms with van der Waals surface area (Å²) in [5.41, 5.74) is 0. The van der Waals surface area contributed by atoms with Gasteiger partial charge in [0.1, 0.15) is 0 Å². The van der Waals surface area contributed by atoms with Crippen molar-refractivity contribution in [2.45, 2.75) is 57.4 Å². The first-order chi connectivity index (χ1) is 17.8. The van der Waals surface area contributed by atoms with E-state index in [1.807, 2.05) is 4.90 Å². The molecule has 0 spiro atoms. The van der Waals surface area contributed by atoms with Gasteiger partial charge in [-0.15, -0.1) is 0 Å². The number of amides is 1. The van der Waals surface area contributed by atoms with Crippen LogP contribution in [-0.2, 0) is 14.0 Å². The van der Waals surface area contributed by atoms with Crippen LogP contribution in [0.2, 0.25) is 5.04 Å². The molecule has 2 atom stereocenters. The van der Waals surface area contributed by atoms with Crippen molar-refractivity contribution in [1.29, 1.82) is 0 Å². The molecule has 4 rings (SSSR count). The summed E-state index contributed by atoms with van der Waals surface area (Å²) >= 11 is 0. The highest BCUT2D eigenvalue weighted by atomic mass is 28.4. The number of carbonyl (C=O) groups is 2. The quantitative estimate of drug-likeness (QED) is 0.535. The van der Waals surface area contributed by atoms with Gasteiger partial charge in [-0.05, 0) is 40.6 Å². The zero-order chi connectivity index (χ0) is 28.0. The van der Waals surface area contributed by atoms with Crippen LogP contribution in [0.5, 0.6) is 0 Å². The Morgan fingerprint density at radius 2 is 1.55 bits per heavy atom. The number of rotatable bonds is 6. The van der Waals surface area contributed by atoms with Gasteiger partial charge in [0.05, 0.1) is 6.54 Å². The van der Waals surface area contributed by atoms with E-state index in [-0.39, 0.29) is 17.0 Å². The summed E-state index contributed by atoms with van der Waals surface area (Å²) in [5, 5.41) is 13.0. The molecule has 2 fully saturated rings. The average molecular weight is 551 g/mol. The maximum absolute atomic E-state index is 12.2. The van der Waals surface area contributed by atoms with E-state index < -0.39 is 20.5 Å². The van der Waals surface area contributed by atoms with Crippen LogP contribution < -0.4 is 15.7 Å². The topological polar surface area (TPSA) is 78.9 Å². The van der Waals surface area contributed by atoms with Crippen LogP contribution in [0.4, 0.5) is 13.2 Å². The number of piperazine rings is 1. The maximum atomic E-state index is 12.2. The molecule has 0 radical (unpaired) electrons. The molecule has 1 aliphatic carbocycles. The van der Waals surface area contributed by atoms with Crippen molar-refractivity contribution in [3.63, 3.8) is 0 Å². The van der Waals surface area contributed by atoms with E-state index in [9.17, 15) is 18.0 Å². The highest BCUT2D eigenvalue weighted by Gasteiger charge is 2.52. The third-order valence-electron chi connectivity index (χ3n) is 7.16. The highest BCUT2D eigenvalue weighted by molar-refractivity contribution is 6.99. The number of halogens is 3. The molecule has 2 aromatic rings. The molecular formula is C28H37F3N2O4Si. The fraction of sp³-hybridized carbons (Fsp3) is 0.500. The number of nitrogens with one attached hydrogen (secondary N) is 1. The lowest BCUT2D eigenvalue weighted by molar-refractivity contribution is -0.192. The van der Waals surface area contributed by atoms with Crippen LogP contribution in [0.25, 0.3) is 0 Å². The zero-order valence-electron chi connectivity index (χ0n) is 22.1. The van der Waals surface area contributed by atoms with Gasteiger partial charge >= 0.3 is 12.1 Å². The molecule has 0 bridgehead atoms. The predicted octanol–water partition coefficient (Wildman–Crippen LogP) is 3.80. The minimum Gasteiger partial charge on any atom is -0.475 e. The predicted molar refractivity (Wildman–Crippen MR) is 143 cm³/mol. The first kappa shape index (κ1) is 29.9. The summed E-state index contributed by atoms with van der Waals surface area (Å²) in [7, 11) is -2.50. The third kappa shape index (κ3) is 7.24. The lowest BCUT2D eigenvalue weighted by Crippen LogP contribution is -2.67. The first-order valence-corrected chi connectivity index (χ1v) is 14.8. The van der Waals surface area contributed by atoms with E-state index in [4.69, 9.17) is 14.3 Å². The Balaban J connectivity index is 0.000000505. The maximum Gasteiger partial charge on any atom is 0.490 e. The van der Waals surface area contributed by atoms with E-state index in [0.717, 1.165) is 38.9 Å². The first-order valence-electron chi connectivity index (χ1n) is 12.9. The SMILES string of the molecule is CC(C)(C)[Si](OC1CCC(CN2CCNCC2=O)C1)(c1ccccc1)c1ccccc1.O=C(O)C(F)(F)F. The van der Waals surface area contributed by atoms with Crippen molar-refractivity contribution in [2.24, 2.45) is 5.92 Å². The Bertz CT molecular complexity index is 1020. The van der Waals surface area contributed by atoms with Gasteiger partial charge < -0.3 is 19.7 Å². The average Bonchev–Trinajstić information content (AvgIpc) is 3.31. The fourth-order valence-corrected chi connectivity index (χ4v) is 10.1. The molecule has 1 saturated heterocycles. The van der Waals surface area contributed by atoms with Crippen molar-refractivity contribution in [3.05, 3.63) is 60.7 Å². The second-order valence-electron chi connectivity index (χ2n) is 10.9. The van der Waals surface area contributed by atoms with Gasteiger partial charge in [-0.3, -0.25) is 4.79 Å². The molecule has 10 heteroatoms. The van der Waals surface area contributed by atoms with Crippen molar-refractivity contribution in [2.75, 3.05) is 26.2 Å². The molecule has 1 amide bonds. The van der Waals surface area contributed by atoms with Crippen LogP contribution in [-0.4, -0.2) is 68.7 Å². The Morgan fingerprint density at radius 1 is 1.03 bits per heavy atom. The molecule has 1 aliphatic heterocycles. The summed E-state index contributed by atoms with van der Waals surface area (Å²) < 4.78 is 39.0. The fourth-order valence-electron chi connectivity index (χ4n) is 5.39. The molecule has 2 unspecified atom stereocenters. The number of carboxylic acid groups (broad SMARTS) is 1. The van der Waals surface area contributed by atoms with E-state index >= 15 is 0 Å². The van der Waals surface area contributed by atoms with E-state index in [0.29, 0.717) is 12.5 Å². The largest absolute Gasteiger partial charge is 0.490 e.